The van der Waals surface area contributed by atoms with Crippen molar-refractivity contribution in [1.29, 1.82) is 0 Å². The first kappa shape index (κ1) is 13.7. The highest BCUT2D eigenvalue weighted by molar-refractivity contribution is 9.10. The molecule has 0 fully saturated rings. The predicted molar refractivity (Wildman–Crippen MR) is 64.2 cm³/mol. The lowest BCUT2D eigenvalue weighted by atomic mass is 10.3. The highest BCUT2D eigenvalue weighted by Crippen LogP contribution is 2.29. The van der Waals surface area contributed by atoms with Gasteiger partial charge in [-0.1, -0.05) is 0 Å². The summed E-state index contributed by atoms with van der Waals surface area (Å²) in [5.74, 6) is -0.769. The van der Waals surface area contributed by atoms with E-state index in [2.05, 4.69) is 28.6 Å². The Labute approximate surface area is 106 Å². The Morgan fingerprint density at radius 2 is 1.94 bits per heavy atom. The Morgan fingerprint density at radius 3 is 2.56 bits per heavy atom. The summed E-state index contributed by atoms with van der Waals surface area (Å²) < 4.78 is 36.5. The van der Waals surface area contributed by atoms with Gasteiger partial charge in [0.1, 0.15) is 12.4 Å². The number of hydrogen-bond donors (Lipinski definition) is 1. The van der Waals surface area contributed by atoms with Crippen molar-refractivity contribution in [2.45, 2.75) is 0 Å². The summed E-state index contributed by atoms with van der Waals surface area (Å²) in [6.07, 6.45) is 0. The molecule has 16 heavy (non-hydrogen) atoms. The molecule has 2 nitrogen and oxygen atoms in total. The number of ether oxygens (including phenoxy) is 2. The zero-order valence-electron chi connectivity index (χ0n) is 8.38. The van der Waals surface area contributed by atoms with Gasteiger partial charge in [-0.2, -0.15) is 12.6 Å². The van der Waals surface area contributed by atoms with E-state index in [9.17, 15) is 8.78 Å². The minimum Gasteiger partial charge on any atom is -0.487 e. The minimum absolute atomic E-state index is 0.00382. The van der Waals surface area contributed by atoms with Gasteiger partial charge in [-0.05, 0) is 22.0 Å². The highest BCUT2D eigenvalue weighted by Gasteiger charge is 2.10. The lowest BCUT2D eigenvalue weighted by Crippen LogP contribution is -2.09. The van der Waals surface area contributed by atoms with Gasteiger partial charge in [-0.15, -0.1) is 0 Å². The van der Waals surface area contributed by atoms with Crippen LogP contribution in [0.3, 0.4) is 0 Å². The fourth-order valence-electron chi connectivity index (χ4n) is 1.04. The zero-order chi connectivity index (χ0) is 12.0. The van der Waals surface area contributed by atoms with Crippen molar-refractivity contribution >= 4 is 28.6 Å². The van der Waals surface area contributed by atoms with Crippen LogP contribution in [0.15, 0.2) is 16.6 Å². The second-order valence-electron chi connectivity index (χ2n) is 2.88. The fraction of sp³-hybridized carbons (Fsp3) is 0.400. The molecule has 0 aliphatic heterocycles. The third kappa shape index (κ3) is 4.27. The Kier molecular flexibility index (Phi) is 6.08. The minimum atomic E-state index is -0.735. The second-order valence-corrected chi connectivity index (χ2v) is 4.18. The topological polar surface area (TPSA) is 18.5 Å². The van der Waals surface area contributed by atoms with Crippen LogP contribution in [0.2, 0.25) is 0 Å². The molecule has 0 aliphatic carbocycles. The van der Waals surface area contributed by atoms with Crippen LogP contribution in [0.1, 0.15) is 0 Å². The van der Waals surface area contributed by atoms with Gasteiger partial charge in [0.2, 0.25) is 0 Å². The van der Waals surface area contributed by atoms with Crippen LogP contribution in [0, 0.1) is 11.6 Å². The van der Waals surface area contributed by atoms with Gasteiger partial charge >= 0.3 is 0 Å². The molecule has 0 N–H and O–H groups in total. The maximum absolute atomic E-state index is 13.2. The standard InChI is InChI=1S/C10H11BrF2O2S/c11-8-5-7(12)6-9(13)10(8)15-2-1-14-3-4-16/h5-6,16H,1-4H2. The highest BCUT2D eigenvalue weighted by atomic mass is 79.9. The molecule has 0 unspecified atom stereocenters. The van der Waals surface area contributed by atoms with Crippen LogP contribution >= 0.6 is 28.6 Å². The number of halogens is 3. The first-order valence-corrected chi connectivity index (χ1v) is 6.03. The number of thiol groups is 1. The van der Waals surface area contributed by atoms with Crippen LogP contribution in [-0.2, 0) is 4.74 Å². The SMILES string of the molecule is Fc1cc(F)c(OCCOCCS)c(Br)c1. The molecule has 0 aliphatic rings. The number of hydrogen-bond acceptors (Lipinski definition) is 3. The van der Waals surface area contributed by atoms with E-state index in [1.54, 1.807) is 0 Å². The van der Waals surface area contributed by atoms with Crippen LogP contribution < -0.4 is 4.74 Å². The normalized spacial score (nSPS) is 10.5. The van der Waals surface area contributed by atoms with Crippen LogP contribution in [0.25, 0.3) is 0 Å². The van der Waals surface area contributed by atoms with Gasteiger partial charge in [-0.25, -0.2) is 8.78 Å². The quantitative estimate of drug-likeness (QED) is 0.643. The first-order valence-electron chi connectivity index (χ1n) is 4.61. The monoisotopic (exact) mass is 312 g/mol. The maximum atomic E-state index is 13.2. The third-order valence-electron chi connectivity index (χ3n) is 1.67. The van der Waals surface area contributed by atoms with E-state index in [1.165, 1.54) is 0 Å². The van der Waals surface area contributed by atoms with Gasteiger partial charge in [0.25, 0.3) is 0 Å². The van der Waals surface area contributed by atoms with Crippen molar-refractivity contribution in [2.75, 3.05) is 25.6 Å². The molecule has 0 bridgehead atoms. The van der Waals surface area contributed by atoms with E-state index >= 15 is 0 Å². The summed E-state index contributed by atoms with van der Waals surface area (Å²) in [4.78, 5) is 0. The van der Waals surface area contributed by atoms with E-state index in [4.69, 9.17) is 9.47 Å². The molecule has 0 heterocycles. The molecule has 0 saturated heterocycles. The van der Waals surface area contributed by atoms with Crippen LogP contribution in [0.4, 0.5) is 8.78 Å². The third-order valence-corrected chi connectivity index (χ3v) is 2.44. The Balaban J connectivity index is 2.47. The van der Waals surface area contributed by atoms with Crippen molar-refractivity contribution in [1.82, 2.24) is 0 Å². The van der Waals surface area contributed by atoms with Gasteiger partial charge < -0.3 is 9.47 Å². The maximum Gasteiger partial charge on any atom is 0.169 e. The van der Waals surface area contributed by atoms with Crippen molar-refractivity contribution in [2.24, 2.45) is 0 Å². The molecular weight excluding hydrogens is 302 g/mol. The van der Waals surface area contributed by atoms with E-state index in [1.807, 2.05) is 0 Å². The van der Waals surface area contributed by atoms with E-state index in [0.29, 0.717) is 19.0 Å². The number of rotatable bonds is 6. The van der Waals surface area contributed by atoms with Gasteiger partial charge in [0.15, 0.2) is 11.6 Å². The first-order chi connectivity index (χ1) is 7.65. The van der Waals surface area contributed by atoms with Gasteiger partial charge in [-0.3, -0.25) is 0 Å². The summed E-state index contributed by atoms with van der Waals surface area (Å²) in [5, 5.41) is 0. The molecule has 0 saturated carbocycles. The van der Waals surface area contributed by atoms with E-state index in [0.717, 1.165) is 12.1 Å². The fourth-order valence-corrected chi connectivity index (χ4v) is 1.69. The van der Waals surface area contributed by atoms with Crippen molar-refractivity contribution in [3.63, 3.8) is 0 Å². The van der Waals surface area contributed by atoms with Gasteiger partial charge in [0.05, 0.1) is 17.7 Å². The predicted octanol–water partition coefficient (Wildman–Crippen LogP) is 3.05. The van der Waals surface area contributed by atoms with E-state index in [-0.39, 0.29) is 16.8 Å². The average Bonchev–Trinajstić information content (AvgIpc) is 2.20. The Morgan fingerprint density at radius 1 is 1.19 bits per heavy atom. The lowest BCUT2D eigenvalue weighted by Gasteiger charge is -2.09. The van der Waals surface area contributed by atoms with Crippen molar-refractivity contribution in [3.8, 4) is 5.75 Å². The molecule has 1 aromatic rings. The molecule has 1 aromatic carbocycles. The largest absolute Gasteiger partial charge is 0.487 e. The molecular formula is C10H11BrF2O2S. The zero-order valence-corrected chi connectivity index (χ0v) is 10.9. The van der Waals surface area contributed by atoms with Crippen LogP contribution in [0.5, 0.6) is 5.75 Å². The van der Waals surface area contributed by atoms with Crippen molar-refractivity contribution in [3.05, 3.63) is 28.2 Å². The molecule has 0 aromatic heterocycles. The summed E-state index contributed by atoms with van der Waals surface area (Å²) >= 11 is 6.98. The summed E-state index contributed by atoms with van der Waals surface area (Å²) in [5.41, 5.74) is 0. The number of benzene rings is 1. The summed E-state index contributed by atoms with van der Waals surface area (Å²) in [6, 6.07) is 1.92. The lowest BCUT2D eigenvalue weighted by molar-refractivity contribution is 0.110. The van der Waals surface area contributed by atoms with Crippen LogP contribution in [-0.4, -0.2) is 25.6 Å². The summed E-state index contributed by atoms with van der Waals surface area (Å²) in [6.45, 7) is 1.05. The molecule has 0 amide bonds. The molecule has 6 heteroatoms. The smallest absolute Gasteiger partial charge is 0.169 e. The molecule has 1 rings (SSSR count). The molecule has 90 valence electrons. The van der Waals surface area contributed by atoms with E-state index < -0.39 is 11.6 Å². The average molecular weight is 313 g/mol. The molecule has 0 radical (unpaired) electrons. The molecule has 0 spiro atoms. The second kappa shape index (κ2) is 7.09. The Hall–Kier alpha value is -0.330. The molecule has 0 atom stereocenters. The van der Waals surface area contributed by atoms with Gasteiger partial charge in [0, 0.05) is 11.8 Å². The van der Waals surface area contributed by atoms with Crippen molar-refractivity contribution < 1.29 is 18.3 Å². The summed E-state index contributed by atoms with van der Waals surface area (Å²) in [7, 11) is 0. The Bertz CT molecular complexity index is 327.